The molecule has 8 heteroatoms. The van der Waals surface area contributed by atoms with Crippen molar-refractivity contribution >= 4 is 15.9 Å². The van der Waals surface area contributed by atoms with Crippen molar-refractivity contribution in [3.63, 3.8) is 0 Å². The number of hydrogen-bond acceptors (Lipinski definition) is 4. The molecule has 0 aliphatic carbocycles. The molecule has 1 aromatic heterocycles. The second kappa shape index (κ2) is 8.52. The first-order valence-corrected chi connectivity index (χ1v) is 11.3. The van der Waals surface area contributed by atoms with Gasteiger partial charge in [0, 0.05) is 39.1 Å². The zero-order valence-corrected chi connectivity index (χ0v) is 16.5. The van der Waals surface area contributed by atoms with Gasteiger partial charge in [-0.25, -0.2) is 8.42 Å². The lowest BCUT2D eigenvalue weighted by atomic mass is 9.94. The van der Waals surface area contributed by atoms with E-state index in [-0.39, 0.29) is 16.9 Å². The summed E-state index contributed by atoms with van der Waals surface area (Å²) in [6.07, 6.45) is 7.75. The lowest BCUT2D eigenvalue weighted by molar-refractivity contribution is -0.130. The van der Waals surface area contributed by atoms with Crippen molar-refractivity contribution in [1.82, 2.24) is 19.0 Å². The maximum atomic E-state index is 13.0. The van der Waals surface area contributed by atoms with E-state index in [1.54, 1.807) is 21.3 Å². The maximum Gasteiger partial charge on any atom is 0.260 e. The molecule has 0 spiro atoms. The molecular weight excluding hydrogens is 352 g/mol. The van der Waals surface area contributed by atoms with Gasteiger partial charge < -0.3 is 4.90 Å². The Bertz CT molecular complexity index is 710. The SMILES string of the molecule is CCCn1nccc1S(=O)(=O)N1CCC[C@@H](CCC(=O)N2CCCC2)C1. The van der Waals surface area contributed by atoms with Crippen LogP contribution in [-0.2, 0) is 21.4 Å². The molecule has 1 amide bonds. The van der Waals surface area contributed by atoms with Gasteiger partial charge in [-0.05, 0) is 50.5 Å². The van der Waals surface area contributed by atoms with E-state index >= 15 is 0 Å². The largest absolute Gasteiger partial charge is 0.343 e. The molecule has 3 rings (SSSR count). The third-order valence-corrected chi connectivity index (χ3v) is 7.31. The molecule has 2 aliphatic heterocycles. The Kier molecular flexibility index (Phi) is 6.34. The smallest absolute Gasteiger partial charge is 0.260 e. The first kappa shape index (κ1) is 19.4. The van der Waals surface area contributed by atoms with Crippen molar-refractivity contribution in [2.24, 2.45) is 5.92 Å². The number of aryl methyl sites for hydroxylation is 1. The average molecular weight is 383 g/mol. The van der Waals surface area contributed by atoms with Crippen LogP contribution < -0.4 is 0 Å². The van der Waals surface area contributed by atoms with E-state index in [9.17, 15) is 13.2 Å². The van der Waals surface area contributed by atoms with Gasteiger partial charge in [0.05, 0.1) is 6.20 Å². The molecule has 0 saturated carbocycles. The van der Waals surface area contributed by atoms with Crippen molar-refractivity contribution in [3.8, 4) is 0 Å². The third kappa shape index (κ3) is 4.28. The molecule has 26 heavy (non-hydrogen) atoms. The van der Waals surface area contributed by atoms with Gasteiger partial charge in [-0.15, -0.1) is 0 Å². The number of likely N-dealkylation sites (tertiary alicyclic amines) is 1. The zero-order chi connectivity index (χ0) is 18.6. The highest BCUT2D eigenvalue weighted by Crippen LogP contribution is 2.27. The summed E-state index contributed by atoms with van der Waals surface area (Å²) in [5.41, 5.74) is 0. The van der Waals surface area contributed by atoms with E-state index in [0.717, 1.165) is 51.6 Å². The second-order valence-electron chi connectivity index (χ2n) is 7.39. The normalized spacial score (nSPS) is 22.0. The number of rotatable bonds is 7. The Hall–Kier alpha value is -1.41. The molecule has 0 aromatic carbocycles. The van der Waals surface area contributed by atoms with Crippen LogP contribution in [0.15, 0.2) is 17.3 Å². The highest BCUT2D eigenvalue weighted by Gasteiger charge is 2.32. The standard InChI is InChI=1S/C18H30N4O3S/c1-2-11-22-18(9-10-19-22)26(24,25)21-14-5-6-16(15-21)7-8-17(23)20-12-3-4-13-20/h9-10,16H,2-8,11-15H2,1H3/t16-/m0/s1. The molecule has 2 aliphatic rings. The molecule has 0 unspecified atom stereocenters. The number of hydrogen-bond donors (Lipinski definition) is 0. The highest BCUT2D eigenvalue weighted by atomic mass is 32.2. The number of sulfonamides is 1. The predicted molar refractivity (Wildman–Crippen MR) is 99.0 cm³/mol. The van der Waals surface area contributed by atoms with Crippen LogP contribution in [0.2, 0.25) is 0 Å². The summed E-state index contributed by atoms with van der Waals surface area (Å²) in [5, 5.41) is 4.44. The summed E-state index contributed by atoms with van der Waals surface area (Å²) >= 11 is 0. The van der Waals surface area contributed by atoms with E-state index in [2.05, 4.69) is 5.10 Å². The molecule has 0 bridgehead atoms. The fraction of sp³-hybridized carbons (Fsp3) is 0.778. The van der Waals surface area contributed by atoms with Gasteiger partial charge in [0.2, 0.25) is 5.91 Å². The van der Waals surface area contributed by atoms with Crippen molar-refractivity contribution < 1.29 is 13.2 Å². The molecule has 2 saturated heterocycles. The minimum Gasteiger partial charge on any atom is -0.343 e. The summed E-state index contributed by atoms with van der Waals surface area (Å²) in [4.78, 5) is 14.2. The third-order valence-electron chi connectivity index (χ3n) is 5.42. The van der Waals surface area contributed by atoms with Gasteiger partial charge in [-0.1, -0.05) is 6.92 Å². The topological polar surface area (TPSA) is 75.5 Å². The van der Waals surface area contributed by atoms with Crippen LogP contribution in [0.5, 0.6) is 0 Å². The minimum atomic E-state index is -3.52. The molecular formula is C18H30N4O3S. The van der Waals surface area contributed by atoms with Gasteiger partial charge >= 0.3 is 0 Å². The van der Waals surface area contributed by atoms with Crippen molar-refractivity contribution in [2.75, 3.05) is 26.2 Å². The van der Waals surface area contributed by atoms with Crippen molar-refractivity contribution in [3.05, 3.63) is 12.3 Å². The van der Waals surface area contributed by atoms with Crippen LogP contribution in [0.4, 0.5) is 0 Å². The number of carbonyl (C=O) groups excluding carboxylic acids is 1. The number of aromatic nitrogens is 2. The first-order chi connectivity index (χ1) is 12.5. The fourth-order valence-corrected chi connectivity index (χ4v) is 5.66. The van der Waals surface area contributed by atoms with E-state index < -0.39 is 10.0 Å². The number of carbonyl (C=O) groups is 1. The Labute approximate surface area is 156 Å². The summed E-state index contributed by atoms with van der Waals surface area (Å²) < 4.78 is 29.2. The van der Waals surface area contributed by atoms with Crippen molar-refractivity contribution in [1.29, 1.82) is 0 Å². The number of amides is 1. The van der Waals surface area contributed by atoms with Crippen LogP contribution in [0.25, 0.3) is 0 Å². The van der Waals surface area contributed by atoms with Gasteiger partial charge in [0.25, 0.3) is 10.0 Å². The first-order valence-electron chi connectivity index (χ1n) is 9.82. The number of nitrogens with zero attached hydrogens (tertiary/aromatic N) is 4. The van der Waals surface area contributed by atoms with Gasteiger partial charge in [-0.2, -0.15) is 9.40 Å². The van der Waals surface area contributed by atoms with Crippen LogP contribution in [0, 0.1) is 5.92 Å². The van der Waals surface area contributed by atoms with E-state index in [1.165, 1.54) is 0 Å². The van der Waals surface area contributed by atoms with Crippen molar-refractivity contribution in [2.45, 2.75) is 63.4 Å². The Morgan fingerprint density at radius 2 is 2.00 bits per heavy atom. The maximum absolute atomic E-state index is 13.0. The van der Waals surface area contributed by atoms with Crippen LogP contribution in [0.3, 0.4) is 0 Å². The summed E-state index contributed by atoms with van der Waals surface area (Å²) in [7, 11) is -3.52. The van der Waals surface area contributed by atoms with E-state index in [1.807, 2.05) is 11.8 Å². The molecule has 2 fully saturated rings. The predicted octanol–water partition coefficient (Wildman–Crippen LogP) is 2.10. The average Bonchev–Trinajstić information content (AvgIpc) is 3.32. The molecule has 1 atom stereocenters. The quantitative estimate of drug-likeness (QED) is 0.724. The van der Waals surface area contributed by atoms with Gasteiger partial charge in [0.1, 0.15) is 0 Å². The van der Waals surface area contributed by atoms with Crippen LogP contribution in [0.1, 0.15) is 51.9 Å². The van der Waals surface area contributed by atoms with E-state index in [4.69, 9.17) is 0 Å². The second-order valence-corrected chi connectivity index (χ2v) is 9.28. The molecule has 1 aromatic rings. The molecule has 7 nitrogen and oxygen atoms in total. The molecule has 3 heterocycles. The van der Waals surface area contributed by atoms with Crippen LogP contribution in [-0.4, -0.2) is 59.5 Å². The Balaban J connectivity index is 1.60. The zero-order valence-electron chi connectivity index (χ0n) is 15.6. The number of piperidine rings is 1. The fourth-order valence-electron chi connectivity index (χ4n) is 3.98. The van der Waals surface area contributed by atoms with E-state index in [0.29, 0.717) is 26.1 Å². The Morgan fingerprint density at radius 1 is 1.23 bits per heavy atom. The van der Waals surface area contributed by atoms with Crippen LogP contribution >= 0.6 is 0 Å². The van der Waals surface area contributed by atoms with Gasteiger partial charge in [-0.3, -0.25) is 9.48 Å². The highest BCUT2D eigenvalue weighted by molar-refractivity contribution is 7.89. The summed E-state index contributed by atoms with van der Waals surface area (Å²) in [5.74, 6) is 0.483. The summed E-state index contributed by atoms with van der Waals surface area (Å²) in [6.45, 7) is 5.43. The molecule has 0 N–H and O–H groups in total. The minimum absolute atomic E-state index is 0.225. The monoisotopic (exact) mass is 382 g/mol. The molecule has 0 radical (unpaired) electrons. The summed E-state index contributed by atoms with van der Waals surface area (Å²) in [6, 6.07) is 1.59. The Morgan fingerprint density at radius 3 is 2.73 bits per heavy atom. The van der Waals surface area contributed by atoms with Gasteiger partial charge in [0.15, 0.2) is 5.03 Å². The molecule has 146 valence electrons. The lowest BCUT2D eigenvalue weighted by Crippen LogP contribution is -2.41. The lowest BCUT2D eigenvalue weighted by Gasteiger charge is -2.32.